The Morgan fingerprint density at radius 3 is 1.31 bits per heavy atom. The van der Waals surface area contributed by atoms with Crippen LogP contribution in [0.1, 0.15) is 56.1 Å². The standard InChI is InChI=1S/2C16H15F6N5O.CH4.HO4P.H2/c2*17-10-6-12(19)11(18)4-8(10)3-9(23)5-14(28)26-1-2-27-13(7-26)24-25-15(27)16(20,21)22;;1-4-5(2)3;/h2*4,6,9H,1-3,5,7,23H2;1H4;1H;1H/t2*9-;;;/m11.../s1. The van der Waals surface area contributed by atoms with Gasteiger partial charge in [0.1, 0.15) is 11.6 Å². The molecule has 0 radical (unpaired) electrons. The van der Waals surface area contributed by atoms with Crippen LogP contribution in [0.5, 0.6) is 0 Å². The van der Waals surface area contributed by atoms with Crippen LogP contribution in [0.2, 0.25) is 0 Å². The molecule has 16 nitrogen and oxygen atoms in total. The summed E-state index contributed by atoms with van der Waals surface area (Å²) in [4.78, 5) is 36.2. The lowest BCUT2D eigenvalue weighted by atomic mass is 10.0. The van der Waals surface area contributed by atoms with E-state index < -0.39 is 91.1 Å². The normalized spacial score (nSPS) is 14.9. The fourth-order valence-corrected chi connectivity index (χ4v) is 6.02. The molecule has 0 spiro atoms. The van der Waals surface area contributed by atoms with Gasteiger partial charge in [-0.05, 0) is 40.7 Å². The molecule has 5 N–H and O–H groups in total. The summed E-state index contributed by atoms with van der Waals surface area (Å²) in [6.07, 6.45) is -10.2. The third-order valence-electron chi connectivity index (χ3n) is 8.80. The molecular formula is C33H37F12N10O6P. The molecule has 0 saturated heterocycles. The minimum Gasteiger partial charge on any atom is -0.565 e. The van der Waals surface area contributed by atoms with E-state index in [-0.39, 0.29) is 96.6 Å². The number of fused-ring (bicyclic) bond motifs is 2. The Hall–Kier alpha value is -5.28. The molecule has 0 saturated carbocycles. The lowest BCUT2D eigenvalue weighted by molar-refractivity contribution is -0.244. The maximum Gasteiger partial charge on any atom is 0.521 e. The van der Waals surface area contributed by atoms with E-state index in [9.17, 15) is 62.3 Å². The number of alkyl halides is 6. The number of hydrogen-bond acceptors (Lipinski definition) is 12. The first kappa shape index (κ1) is 51.1. The number of hydrogen-bond donors (Lipinski definition) is 3. The number of nitrogens with zero attached hydrogens (tertiary/aromatic N) is 8. The van der Waals surface area contributed by atoms with Crippen molar-refractivity contribution in [3.05, 3.63) is 93.6 Å². The molecule has 2 aromatic heterocycles. The number of amides is 2. The van der Waals surface area contributed by atoms with Gasteiger partial charge in [-0.3, -0.25) is 9.59 Å². The lowest BCUT2D eigenvalue weighted by Crippen LogP contribution is -2.42. The van der Waals surface area contributed by atoms with Crippen molar-refractivity contribution in [3.63, 3.8) is 0 Å². The zero-order valence-electron chi connectivity index (χ0n) is 30.7. The molecular weight excluding hydrogens is 891 g/mol. The molecule has 344 valence electrons. The van der Waals surface area contributed by atoms with Crippen LogP contribution in [0, 0.1) is 34.9 Å². The van der Waals surface area contributed by atoms with E-state index in [4.69, 9.17) is 26.2 Å². The van der Waals surface area contributed by atoms with Crippen molar-refractivity contribution in [3.8, 4) is 0 Å². The molecule has 4 aromatic rings. The van der Waals surface area contributed by atoms with Gasteiger partial charge in [0, 0.05) is 69.3 Å². The first-order valence-electron chi connectivity index (χ1n) is 17.2. The van der Waals surface area contributed by atoms with Crippen LogP contribution in [0.15, 0.2) is 24.3 Å². The Labute approximate surface area is 344 Å². The van der Waals surface area contributed by atoms with Gasteiger partial charge in [-0.25, -0.2) is 31.6 Å². The molecule has 29 heteroatoms. The Morgan fingerprint density at radius 1 is 0.677 bits per heavy atom. The number of aromatic nitrogens is 6. The van der Waals surface area contributed by atoms with Gasteiger partial charge in [0.25, 0.3) is 0 Å². The first-order chi connectivity index (χ1) is 28.4. The molecule has 2 aromatic carbocycles. The van der Waals surface area contributed by atoms with Crippen LogP contribution in [0.3, 0.4) is 0 Å². The second-order valence-electron chi connectivity index (χ2n) is 13.2. The van der Waals surface area contributed by atoms with Crippen molar-refractivity contribution in [2.24, 2.45) is 11.5 Å². The van der Waals surface area contributed by atoms with Crippen molar-refractivity contribution in [2.75, 3.05) is 13.1 Å². The summed E-state index contributed by atoms with van der Waals surface area (Å²) in [6, 6.07) is 0.368. The Kier molecular flexibility index (Phi) is 17.5. The second-order valence-corrected chi connectivity index (χ2v) is 13.8. The SMILES string of the molecule is C.N[C@@H](CC(=O)N1CCn2c(nnc2C(F)(F)F)C1)Cc1cc(F)c(F)cc1F.N[C@@H](CC(=O)N1CCn2c(nnc2C(F)(F)F)C1)Cc1cc(F)c(F)cc1F.O=[P+]([O-])OO.[HH]. The number of benzene rings is 2. The molecule has 2 amide bonds. The molecule has 3 atom stereocenters. The highest BCUT2D eigenvalue weighted by molar-refractivity contribution is 7.30. The van der Waals surface area contributed by atoms with Crippen molar-refractivity contribution < 1.29 is 83.1 Å². The number of halogens is 12. The molecule has 2 aliphatic rings. The number of rotatable bonds is 9. The lowest BCUT2D eigenvalue weighted by Gasteiger charge is -2.29. The van der Waals surface area contributed by atoms with Crippen molar-refractivity contribution in [1.82, 2.24) is 39.3 Å². The number of carbonyl (C=O) groups is 2. The average Bonchev–Trinajstić information content (AvgIpc) is 3.81. The summed E-state index contributed by atoms with van der Waals surface area (Å²) >= 11 is 0. The van der Waals surface area contributed by atoms with E-state index in [1.807, 2.05) is 0 Å². The third-order valence-corrected chi connectivity index (χ3v) is 8.94. The smallest absolute Gasteiger partial charge is 0.521 e. The maximum absolute atomic E-state index is 13.7. The summed E-state index contributed by atoms with van der Waals surface area (Å²) in [5.41, 5.74) is 11.3. The molecule has 0 bridgehead atoms. The van der Waals surface area contributed by atoms with E-state index in [1.54, 1.807) is 0 Å². The van der Waals surface area contributed by atoms with Gasteiger partial charge >= 0.3 is 20.6 Å². The third kappa shape index (κ3) is 13.4. The largest absolute Gasteiger partial charge is 0.565 e. The number of carbonyl (C=O) groups excluding carboxylic acids is 2. The minimum atomic E-state index is -4.64. The zero-order valence-corrected chi connectivity index (χ0v) is 31.6. The summed E-state index contributed by atoms with van der Waals surface area (Å²) in [5.74, 6) is -10.3. The van der Waals surface area contributed by atoms with Crippen LogP contribution in [0.25, 0.3) is 0 Å². The van der Waals surface area contributed by atoms with Gasteiger partial charge in [-0.2, -0.15) is 26.3 Å². The number of nitrogens with two attached hydrogens (primary N) is 2. The molecule has 2 aliphatic heterocycles. The maximum atomic E-state index is 13.7. The quantitative estimate of drug-likeness (QED) is 0.0699. The van der Waals surface area contributed by atoms with Gasteiger partial charge in [-0.15, -0.1) is 20.4 Å². The summed E-state index contributed by atoms with van der Waals surface area (Å²) < 4.78 is 170. The highest BCUT2D eigenvalue weighted by Gasteiger charge is 2.41. The van der Waals surface area contributed by atoms with E-state index in [1.165, 1.54) is 9.80 Å². The van der Waals surface area contributed by atoms with Gasteiger partial charge in [-0.1, -0.05) is 7.43 Å². The van der Waals surface area contributed by atoms with Crippen molar-refractivity contribution >= 4 is 20.1 Å². The molecule has 0 fully saturated rings. The predicted octanol–water partition coefficient (Wildman–Crippen LogP) is 4.41. The minimum absolute atomic E-state index is 0. The Bertz CT molecular complexity index is 2090. The van der Waals surface area contributed by atoms with Crippen molar-refractivity contribution in [1.29, 1.82) is 0 Å². The zero-order chi connectivity index (χ0) is 45.6. The van der Waals surface area contributed by atoms with Gasteiger partial charge in [0.2, 0.25) is 23.5 Å². The fraction of sp³-hybridized carbons (Fsp3) is 0.455. The Balaban J connectivity index is 0.000000380. The van der Waals surface area contributed by atoms with Crippen LogP contribution in [-0.2, 0) is 70.2 Å². The highest BCUT2D eigenvalue weighted by atomic mass is 31.1. The fourth-order valence-electron chi connectivity index (χ4n) is 6.02. The first-order valence-corrected chi connectivity index (χ1v) is 18.3. The summed E-state index contributed by atoms with van der Waals surface area (Å²) in [6.45, 7) is -0.604. The average molecular weight is 929 g/mol. The van der Waals surface area contributed by atoms with Gasteiger partial charge in [0.05, 0.1) is 13.1 Å². The van der Waals surface area contributed by atoms with Gasteiger partial charge in [0.15, 0.2) is 34.9 Å². The molecule has 4 heterocycles. The summed E-state index contributed by atoms with van der Waals surface area (Å²) in [5, 5.41) is 20.2. The Morgan fingerprint density at radius 2 is 1.00 bits per heavy atom. The monoisotopic (exact) mass is 928 g/mol. The predicted molar refractivity (Wildman–Crippen MR) is 186 cm³/mol. The van der Waals surface area contributed by atoms with Crippen LogP contribution < -0.4 is 16.4 Å². The molecule has 0 aliphatic carbocycles. The van der Waals surface area contributed by atoms with Gasteiger partial charge < -0.3 is 35.3 Å². The van der Waals surface area contributed by atoms with E-state index >= 15 is 0 Å². The van der Waals surface area contributed by atoms with E-state index in [0.717, 1.165) is 9.13 Å². The molecule has 6 rings (SSSR count). The molecule has 62 heavy (non-hydrogen) atoms. The summed E-state index contributed by atoms with van der Waals surface area (Å²) in [7, 11) is -3.04. The second kappa shape index (κ2) is 21.2. The van der Waals surface area contributed by atoms with Crippen LogP contribution in [-0.4, -0.2) is 81.6 Å². The van der Waals surface area contributed by atoms with E-state index in [0.29, 0.717) is 24.3 Å². The highest BCUT2D eigenvalue weighted by Crippen LogP contribution is 2.31. The van der Waals surface area contributed by atoms with Crippen LogP contribution >= 0.6 is 8.25 Å². The van der Waals surface area contributed by atoms with Crippen LogP contribution in [0.4, 0.5) is 52.7 Å². The van der Waals surface area contributed by atoms with E-state index in [2.05, 4.69) is 25.1 Å². The van der Waals surface area contributed by atoms with Crippen molar-refractivity contribution in [2.45, 2.75) is 83.7 Å². The molecule has 1 unspecified atom stereocenters. The topological polar surface area (TPSA) is 224 Å².